The molecular weight excluding hydrogens is 236 g/mol. The molecule has 0 fully saturated rings. The van der Waals surface area contributed by atoms with Crippen LogP contribution >= 0.6 is 0 Å². The van der Waals surface area contributed by atoms with Gasteiger partial charge in [0.15, 0.2) is 0 Å². The normalized spacial score (nSPS) is 11.8. The molecule has 0 aliphatic carbocycles. The lowest BCUT2D eigenvalue weighted by atomic mass is 10.1. The highest BCUT2D eigenvalue weighted by molar-refractivity contribution is 5.35. The summed E-state index contributed by atoms with van der Waals surface area (Å²) in [6.07, 6.45) is 0.735. The molecule has 1 rings (SSSR count). The molecular formula is C14H17F2NO. The van der Waals surface area contributed by atoms with Crippen LogP contribution in [0.25, 0.3) is 0 Å². The van der Waals surface area contributed by atoms with Crippen molar-refractivity contribution in [2.45, 2.75) is 32.9 Å². The number of alkyl halides is 2. The standard InChI is InChI=1S/C14H17F2NO/c1-3-4-7-10-17-11(2)12-8-5-6-9-13(12)18-14(15)16/h5-6,8-9,11,14,17H,7,10H2,1-2H3. The number of benzene rings is 1. The van der Waals surface area contributed by atoms with Crippen LogP contribution in [0.3, 0.4) is 0 Å². The largest absolute Gasteiger partial charge is 0.434 e. The van der Waals surface area contributed by atoms with Crippen LogP contribution in [-0.4, -0.2) is 13.2 Å². The predicted octanol–water partition coefficient (Wildman–Crippen LogP) is 3.35. The van der Waals surface area contributed by atoms with Gasteiger partial charge in [0.05, 0.1) is 0 Å². The Kier molecular flexibility index (Phi) is 6.16. The van der Waals surface area contributed by atoms with E-state index in [4.69, 9.17) is 0 Å². The first-order valence-corrected chi connectivity index (χ1v) is 5.82. The molecule has 0 radical (unpaired) electrons. The lowest BCUT2D eigenvalue weighted by Gasteiger charge is -2.17. The van der Waals surface area contributed by atoms with Gasteiger partial charge in [-0.05, 0) is 19.9 Å². The van der Waals surface area contributed by atoms with Crippen molar-refractivity contribution in [3.05, 3.63) is 29.8 Å². The Morgan fingerprint density at radius 1 is 1.33 bits per heavy atom. The van der Waals surface area contributed by atoms with Crippen LogP contribution in [0.5, 0.6) is 5.75 Å². The molecule has 98 valence electrons. The zero-order valence-corrected chi connectivity index (χ0v) is 10.5. The van der Waals surface area contributed by atoms with E-state index in [-0.39, 0.29) is 11.8 Å². The lowest BCUT2D eigenvalue weighted by Crippen LogP contribution is -2.20. The summed E-state index contributed by atoms with van der Waals surface area (Å²) >= 11 is 0. The van der Waals surface area contributed by atoms with Crippen LogP contribution in [0.4, 0.5) is 8.78 Å². The molecule has 0 aliphatic rings. The Bertz CT molecular complexity index is 423. The van der Waals surface area contributed by atoms with Gasteiger partial charge in [-0.25, -0.2) is 0 Å². The molecule has 2 nitrogen and oxygen atoms in total. The molecule has 0 saturated carbocycles. The van der Waals surface area contributed by atoms with Gasteiger partial charge in [0.2, 0.25) is 0 Å². The van der Waals surface area contributed by atoms with E-state index in [9.17, 15) is 8.78 Å². The molecule has 18 heavy (non-hydrogen) atoms. The van der Waals surface area contributed by atoms with Crippen LogP contribution in [0, 0.1) is 11.8 Å². The van der Waals surface area contributed by atoms with Gasteiger partial charge < -0.3 is 10.1 Å². The molecule has 0 amide bonds. The lowest BCUT2D eigenvalue weighted by molar-refractivity contribution is -0.0506. The highest BCUT2D eigenvalue weighted by Gasteiger charge is 2.13. The fourth-order valence-electron chi connectivity index (χ4n) is 1.63. The number of halogens is 2. The van der Waals surface area contributed by atoms with E-state index in [2.05, 4.69) is 21.9 Å². The second kappa shape index (κ2) is 7.67. The van der Waals surface area contributed by atoms with Crippen molar-refractivity contribution < 1.29 is 13.5 Å². The summed E-state index contributed by atoms with van der Waals surface area (Å²) in [4.78, 5) is 0. The van der Waals surface area contributed by atoms with E-state index < -0.39 is 6.61 Å². The molecule has 1 aromatic carbocycles. The third kappa shape index (κ3) is 4.72. The van der Waals surface area contributed by atoms with Crippen LogP contribution in [0.15, 0.2) is 24.3 Å². The molecule has 0 spiro atoms. The third-order valence-corrected chi connectivity index (χ3v) is 2.48. The first kappa shape index (κ1) is 14.5. The van der Waals surface area contributed by atoms with Crippen molar-refractivity contribution >= 4 is 0 Å². The predicted molar refractivity (Wildman–Crippen MR) is 67.6 cm³/mol. The maximum atomic E-state index is 12.3. The van der Waals surface area contributed by atoms with Crippen molar-refractivity contribution in [3.63, 3.8) is 0 Å². The minimum atomic E-state index is -2.80. The van der Waals surface area contributed by atoms with E-state index in [0.717, 1.165) is 12.0 Å². The highest BCUT2D eigenvalue weighted by atomic mass is 19.3. The maximum absolute atomic E-state index is 12.3. The summed E-state index contributed by atoms with van der Waals surface area (Å²) in [5.41, 5.74) is 0.724. The van der Waals surface area contributed by atoms with Crippen molar-refractivity contribution in [1.82, 2.24) is 5.32 Å². The van der Waals surface area contributed by atoms with Crippen molar-refractivity contribution in [1.29, 1.82) is 0 Å². The Morgan fingerprint density at radius 2 is 2.06 bits per heavy atom. The molecule has 1 aromatic rings. The first-order chi connectivity index (χ1) is 8.65. The Hall–Kier alpha value is -1.60. The van der Waals surface area contributed by atoms with E-state index >= 15 is 0 Å². The quantitative estimate of drug-likeness (QED) is 0.620. The minimum absolute atomic E-state index is 0.0568. The maximum Gasteiger partial charge on any atom is 0.387 e. The summed E-state index contributed by atoms with van der Waals surface area (Å²) in [7, 11) is 0. The van der Waals surface area contributed by atoms with Crippen molar-refractivity contribution in [2.75, 3.05) is 6.54 Å². The smallest absolute Gasteiger partial charge is 0.387 e. The average Bonchev–Trinajstić information content (AvgIpc) is 2.34. The van der Waals surface area contributed by atoms with E-state index in [1.54, 1.807) is 31.2 Å². The molecule has 0 aromatic heterocycles. The first-order valence-electron chi connectivity index (χ1n) is 5.82. The minimum Gasteiger partial charge on any atom is -0.434 e. The van der Waals surface area contributed by atoms with Crippen LogP contribution in [0.1, 0.15) is 31.9 Å². The van der Waals surface area contributed by atoms with Crippen LogP contribution in [0.2, 0.25) is 0 Å². The number of nitrogens with one attached hydrogen (secondary N) is 1. The van der Waals surface area contributed by atoms with E-state index in [1.165, 1.54) is 0 Å². The second-order valence-electron chi connectivity index (χ2n) is 3.77. The fourth-order valence-corrected chi connectivity index (χ4v) is 1.63. The SMILES string of the molecule is CC#CCCNC(C)c1ccccc1OC(F)F. The Labute approximate surface area is 106 Å². The molecule has 1 unspecified atom stereocenters. The van der Waals surface area contributed by atoms with Gasteiger partial charge in [-0.2, -0.15) is 8.78 Å². The second-order valence-corrected chi connectivity index (χ2v) is 3.77. The van der Waals surface area contributed by atoms with Crippen LogP contribution < -0.4 is 10.1 Å². The van der Waals surface area contributed by atoms with Crippen LogP contribution in [-0.2, 0) is 0 Å². The molecule has 4 heteroatoms. The van der Waals surface area contributed by atoms with Gasteiger partial charge in [0.25, 0.3) is 0 Å². The molecule has 1 N–H and O–H groups in total. The molecule has 1 atom stereocenters. The molecule has 0 bridgehead atoms. The zero-order valence-electron chi connectivity index (χ0n) is 10.5. The van der Waals surface area contributed by atoms with Gasteiger partial charge in [-0.3, -0.25) is 0 Å². The summed E-state index contributed by atoms with van der Waals surface area (Å²) in [6.45, 7) is 1.61. The number of para-hydroxylation sites is 1. The Balaban J connectivity index is 2.65. The van der Waals surface area contributed by atoms with E-state index in [0.29, 0.717) is 6.54 Å². The molecule has 0 heterocycles. The number of rotatable bonds is 6. The van der Waals surface area contributed by atoms with Gasteiger partial charge in [-0.1, -0.05) is 18.2 Å². The third-order valence-electron chi connectivity index (χ3n) is 2.48. The Morgan fingerprint density at radius 3 is 2.72 bits per heavy atom. The number of hydrogen-bond acceptors (Lipinski definition) is 2. The summed E-state index contributed by atoms with van der Waals surface area (Å²) in [6, 6.07) is 6.75. The van der Waals surface area contributed by atoms with Gasteiger partial charge in [0, 0.05) is 24.6 Å². The van der Waals surface area contributed by atoms with Crippen molar-refractivity contribution in [3.8, 4) is 17.6 Å². The molecule has 0 saturated heterocycles. The van der Waals surface area contributed by atoms with E-state index in [1.807, 2.05) is 6.92 Å². The average molecular weight is 253 g/mol. The number of ether oxygens (including phenoxy) is 1. The summed E-state index contributed by atoms with van der Waals surface area (Å²) in [5.74, 6) is 5.96. The summed E-state index contributed by atoms with van der Waals surface area (Å²) in [5, 5.41) is 3.22. The van der Waals surface area contributed by atoms with Gasteiger partial charge in [0.1, 0.15) is 5.75 Å². The highest BCUT2D eigenvalue weighted by Crippen LogP contribution is 2.26. The zero-order chi connectivity index (χ0) is 13.4. The monoisotopic (exact) mass is 253 g/mol. The molecule has 0 aliphatic heterocycles. The van der Waals surface area contributed by atoms with Crippen molar-refractivity contribution in [2.24, 2.45) is 0 Å². The van der Waals surface area contributed by atoms with Gasteiger partial charge in [-0.15, -0.1) is 11.8 Å². The fraction of sp³-hybridized carbons (Fsp3) is 0.429. The summed E-state index contributed by atoms with van der Waals surface area (Å²) < 4.78 is 29.0. The number of hydrogen-bond donors (Lipinski definition) is 1. The topological polar surface area (TPSA) is 21.3 Å². The van der Waals surface area contributed by atoms with Gasteiger partial charge >= 0.3 is 6.61 Å².